The molecule has 4 N–H and O–H groups in total. The van der Waals surface area contributed by atoms with E-state index in [1.54, 1.807) is 18.2 Å². The molecule has 0 spiro atoms. The SMILES string of the molecule is NC1CCCCCC1NC(=O)c1cc(I)ccc1O. The van der Waals surface area contributed by atoms with Crippen LogP contribution in [0.15, 0.2) is 18.2 Å². The Hall–Kier alpha value is -0.820. The van der Waals surface area contributed by atoms with Crippen LogP contribution in [0.2, 0.25) is 0 Å². The zero-order valence-electron chi connectivity index (χ0n) is 10.7. The molecule has 1 amide bonds. The minimum Gasteiger partial charge on any atom is -0.507 e. The fraction of sp³-hybridized carbons (Fsp3) is 0.500. The van der Waals surface area contributed by atoms with E-state index in [1.165, 1.54) is 6.42 Å². The van der Waals surface area contributed by atoms with Gasteiger partial charge in [0, 0.05) is 15.7 Å². The average molecular weight is 374 g/mol. The number of halogens is 1. The lowest BCUT2D eigenvalue weighted by Crippen LogP contribution is -2.46. The summed E-state index contributed by atoms with van der Waals surface area (Å²) in [6, 6.07) is 5.02. The van der Waals surface area contributed by atoms with Crippen molar-refractivity contribution in [3.8, 4) is 5.75 Å². The van der Waals surface area contributed by atoms with E-state index < -0.39 is 0 Å². The zero-order valence-corrected chi connectivity index (χ0v) is 12.9. The minimum absolute atomic E-state index is 0.00673. The number of amides is 1. The lowest BCUT2D eigenvalue weighted by molar-refractivity contribution is 0.0926. The van der Waals surface area contributed by atoms with Gasteiger partial charge in [0.15, 0.2) is 0 Å². The van der Waals surface area contributed by atoms with Crippen molar-refractivity contribution in [3.63, 3.8) is 0 Å². The molecule has 0 heterocycles. The highest BCUT2D eigenvalue weighted by Crippen LogP contribution is 2.21. The second-order valence-electron chi connectivity index (χ2n) is 5.04. The van der Waals surface area contributed by atoms with Crippen LogP contribution in [0, 0.1) is 3.57 Å². The van der Waals surface area contributed by atoms with Crippen molar-refractivity contribution in [1.29, 1.82) is 0 Å². The molecule has 19 heavy (non-hydrogen) atoms. The largest absolute Gasteiger partial charge is 0.507 e. The van der Waals surface area contributed by atoms with Crippen molar-refractivity contribution in [1.82, 2.24) is 5.32 Å². The molecule has 1 fully saturated rings. The molecule has 1 aromatic carbocycles. The molecule has 1 saturated carbocycles. The highest BCUT2D eigenvalue weighted by atomic mass is 127. The van der Waals surface area contributed by atoms with Crippen LogP contribution in [-0.2, 0) is 0 Å². The third-order valence-electron chi connectivity index (χ3n) is 3.59. The molecule has 0 aliphatic heterocycles. The molecular formula is C14H19IN2O2. The monoisotopic (exact) mass is 374 g/mol. The summed E-state index contributed by atoms with van der Waals surface area (Å²) in [6.07, 6.45) is 5.26. The summed E-state index contributed by atoms with van der Waals surface area (Å²) < 4.78 is 0.922. The first kappa shape index (κ1) is 14.6. The number of carbonyl (C=O) groups is 1. The Morgan fingerprint density at radius 3 is 2.84 bits per heavy atom. The van der Waals surface area contributed by atoms with Gasteiger partial charge in [0.1, 0.15) is 5.75 Å². The first-order chi connectivity index (χ1) is 9.08. The summed E-state index contributed by atoms with van der Waals surface area (Å²) in [5, 5.41) is 12.7. The maximum absolute atomic E-state index is 12.2. The van der Waals surface area contributed by atoms with Gasteiger partial charge in [-0.15, -0.1) is 0 Å². The van der Waals surface area contributed by atoms with E-state index in [-0.39, 0.29) is 23.7 Å². The van der Waals surface area contributed by atoms with Gasteiger partial charge in [-0.3, -0.25) is 4.79 Å². The van der Waals surface area contributed by atoms with E-state index in [0.717, 1.165) is 29.3 Å². The van der Waals surface area contributed by atoms with Gasteiger partial charge in [-0.05, 0) is 53.6 Å². The van der Waals surface area contributed by atoms with E-state index >= 15 is 0 Å². The lowest BCUT2D eigenvalue weighted by Gasteiger charge is -2.23. The molecule has 5 heteroatoms. The molecule has 1 aliphatic rings. The van der Waals surface area contributed by atoms with Crippen LogP contribution in [-0.4, -0.2) is 23.1 Å². The summed E-state index contributed by atoms with van der Waals surface area (Å²) in [6.45, 7) is 0. The number of rotatable bonds is 2. The average Bonchev–Trinajstić information content (AvgIpc) is 2.58. The Morgan fingerprint density at radius 1 is 1.32 bits per heavy atom. The molecule has 4 nitrogen and oxygen atoms in total. The van der Waals surface area contributed by atoms with E-state index in [4.69, 9.17) is 5.73 Å². The second kappa shape index (κ2) is 6.56. The van der Waals surface area contributed by atoms with Crippen LogP contribution in [0.1, 0.15) is 42.5 Å². The Balaban J connectivity index is 2.09. The van der Waals surface area contributed by atoms with Gasteiger partial charge >= 0.3 is 0 Å². The number of phenolic OH excluding ortho intramolecular Hbond substituents is 1. The number of benzene rings is 1. The summed E-state index contributed by atoms with van der Waals surface area (Å²) >= 11 is 2.12. The van der Waals surface area contributed by atoms with Crippen molar-refractivity contribution in [3.05, 3.63) is 27.3 Å². The Bertz CT molecular complexity index is 465. The summed E-state index contributed by atoms with van der Waals surface area (Å²) in [5.74, 6) is -0.224. The van der Waals surface area contributed by atoms with Gasteiger partial charge < -0.3 is 16.2 Å². The van der Waals surface area contributed by atoms with Crippen molar-refractivity contribution in [2.75, 3.05) is 0 Å². The Labute approximate surface area is 126 Å². The maximum atomic E-state index is 12.2. The maximum Gasteiger partial charge on any atom is 0.255 e. The summed E-state index contributed by atoms with van der Waals surface area (Å²) in [5.41, 5.74) is 6.42. The van der Waals surface area contributed by atoms with Gasteiger partial charge in [-0.1, -0.05) is 19.3 Å². The number of nitrogens with one attached hydrogen (secondary N) is 1. The lowest BCUT2D eigenvalue weighted by atomic mass is 10.0. The zero-order chi connectivity index (χ0) is 13.8. The van der Waals surface area contributed by atoms with E-state index in [9.17, 15) is 9.90 Å². The van der Waals surface area contributed by atoms with Gasteiger partial charge in [-0.2, -0.15) is 0 Å². The Morgan fingerprint density at radius 2 is 2.05 bits per heavy atom. The summed E-state index contributed by atoms with van der Waals surface area (Å²) in [7, 11) is 0. The van der Waals surface area contributed by atoms with Gasteiger partial charge in [-0.25, -0.2) is 0 Å². The van der Waals surface area contributed by atoms with Crippen molar-refractivity contribution in [2.24, 2.45) is 5.73 Å². The molecule has 1 aliphatic carbocycles. The van der Waals surface area contributed by atoms with E-state index in [2.05, 4.69) is 27.9 Å². The molecule has 0 aromatic heterocycles. The first-order valence-electron chi connectivity index (χ1n) is 6.63. The quantitative estimate of drug-likeness (QED) is 0.550. The molecule has 2 rings (SSSR count). The molecule has 0 saturated heterocycles. The number of hydrogen-bond donors (Lipinski definition) is 3. The fourth-order valence-corrected chi connectivity index (χ4v) is 2.94. The van der Waals surface area contributed by atoms with Crippen LogP contribution in [0.5, 0.6) is 5.75 Å². The van der Waals surface area contributed by atoms with Gasteiger partial charge in [0.2, 0.25) is 0 Å². The number of phenols is 1. The standard InChI is InChI=1S/C14H19IN2O2/c15-9-6-7-13(18)10(8-9)14(19)17-12-5-3-1-2-4-11(12)16/h6-8,11-12,18H,1-5,16H2,(H,17,19). The van der Waals surface area contributed by atoms with E-state index in [1.807, 2.05) is 0 Å². The number of carbonyl (C=O) groups excluding carboxylic acids is 1. The molecule has 104 valence electrons. The highest BCUT2D eigenvalue weighted by molar-refractivity contribution is 14.1. The van der Waals surface area contributed by atoms with Gasteiger partial charge in [0.25, 0.3) is 5.91 Å². The number of hydrogen-bond acceptors (Lipinski definition) is 3. The van der Waals surface area contributed by atoms with Crippen LogP contribution in [0.4, 0.5) is 0 Å². The van der Waals surface area contributed by atoms with Crippen LogP contribution >= 0.6 is 22.6 Å². The normalized spacial score (nSPS) is 23.7. The fourth-order valence-electron chi connectivity index (χ4n) is 2.45. The minimum atomic E-state index is -0.238. The van der Waals surface area contributed by atoms with Crippen molar-refractivity contribution in [2.45, 2.75) is 44.2 Å². The number of nitrogens with two attached hydrogens (primary N) is 1. The molecule has 2 atom stereocenters. The van der Waals surface area contributed by atoms with Crippen LogP contribution < -0.4 is 11.1 Å². The third-order valence-corrected chi connectivity index (χ3v) is 4.26. The molecule has 2 unspecified atom stereocenters. The van der Waals surface area contributed by atoms with Gasteiger partial charge in [0.05, 0.1) is 5.56 Å². The Kier molecular flexibility index (Phi) is 5.04. The van der Waals surface area contributed by atoms with Crippen LogP contribution in [0.3, 0.4) is 0 Å². The third kappa shape index (κ3) is 3.82. The first-order valence-corrected chi connectivity index (χ1v) is 7.71. The van der Waals surface area contributed by atoms with Crippen molar-refractivity contribution >= 4 is 28.5 Å². The molecule has 0 bridgehead atoms. The topological polar surface area (TPSA) is 75.3 Å². The highest BCUT2D eigenvalue weighted by Gasteiger charge is 2.23. The second-order valence-corrected chi connectivity index (χ2v) is 6.29. The van der Waals surface area contributed by atoms with Crippen LogP contribution in [0.25, 0.3) is 0 Å². The predicted molar refractivity (Wildman–Crippen MR) is 83.1 cm³/mol. The molecular weight excluding hydrogens is 355 g/mol. The van der Waals surface area contributed by atoms with Crippen molar-refractivity contribution < 1.29 is 9.90 Å². The smallest absolute Gasteiger partial charge is 0.255 e. The van der Waals surface area contributed by atoms with E-state index in [0.29, 0.717) is 5.56 Å². The molecule has 0 radical (unpaired) electrons. The predicted octanol–water partition coefficient (Wildman–Crippen LogP) is 2.39. The number of aromatic hydroxyl groups is 1. The summed E-state index contributed by atoms with van der Waals surface area (Å²) in [4.78, 5) is 12.2. The molecule has 1 aromatic rings.